The monoisotopic (exact) mass is 344 g/mol. The number of nitrogens with zero attached hydrogens (tertiary/aromatic N) is 1. The van der Waals surface area contributed by atoms with E-state index in [0.29, 0.717) is 17.2 Å². The molecule has 2 heterocycles. The van der Waals surface area contributed by atoms with Crippen LogP contribution >= 0.6 is 22.7 Å². The van der Waals surface area contributed by atoms with Gasteiger partial charge >= 0.3 is 0 Å². The summed E-state index contributed by atoms with van der Waals surface area (Å²) in [4.78, 5) is 17.3. The molecule has 3 rings (SSSR count). The molecule has 0 radical (unpaired) electrons. The van der Waals surface area contributed by atoms with Crippen molar-refractivity contribution in [3.63, 3.8) is 0 Å². The van der Waals surface area contributed by atoms with E-state index in [4.69, 9.17) is 4.74 Å². The van der Waals surface area contributed by atoms with Crippen LogP contribution in [0.2, 0.25) is 0 Å². The van der Waals surface area contributed by atoms with Crippen molar-refractivity contribution in [1.29, 1.82) is 0 Å². The van der Waals surface area contributed by atoms with Crippen molar-refractivity contribution in [2.45, 2.75) is 6.42 Å². The Balaban J connectivity index is 1.55. The van der Waals surface area contributed by atoms with E-state index in [-0.39, 0.29) is 5.91 Å². The van der Waals surface area contributed by atoms with Gasteiger partial charge < -0.3 is 10.1 Å². The van der Waals surface area contributed by atoms with E-state index in [1.165, 1.54) is 11.3 Å². The van der Waals surface area contributed by atoms with Gasteiger partial charge in [-0.05, 0) is 11.4 Å². The van der Waals surface area contributed by atoms with Gasteiger partial charge in [0, 0.05) is 23.9 Å². The number of thiazole rings is 1. The quantitative estimate of drug-likeness (QED) is 0.739. The third kappa shape index (κ3) is 3.78. The first-order chi connectivity index (χ1) is 11.3. The Labute approximate surface area is 142 Å². The van der Waals surface area contributed by atoms with E-state index < -0.39 is 0 Å². The first-order valence-electron chi connectivity index (χ1n) is 7.17. The van der Waals surface area contributed by atoms with E-state index in [1.807, 2.05) is 35.7 Å². The second-order valence-electron chi connectivity index (χ2n) is 4.82. The summed E-state index contributed by atoms with van der Waals surface area (Å²) in [6, 6.07) is 11.9. The number of aromatic nitrogens is 1. The first kappa shape index (κ1) is 15.7. The molecule has 23 heavy (non-hydrogen) atoms. The van der Waals surface area contributed by atoms with Gasteiger partial charge in [-0.1, -0.05) is 30.3 Å². The summed E-state index contributed by atoms with van der Waals surface area (Å²) < 4.78 is 5.16. The van der Waals surface area contributed by atoms with Crippen molar-refractivity contribution >= 4 is 28.6 Å². The average molecular weight is 344 g/mol. The Bertz CT molecular complexity index is 781. The number of carbonyl (C=O) groups is 1. The van der Waals surface area contributed by atoms with Gasteiger partial charge in [-0.25, -0.2) is 4.98 Å². The maximum Gasteiger partial charge on any atom is 0.265 e. The van der Waals surface area contributed by atoms with Gasteiger partial charge in [-0.3, -0.25) is 4.79 Å². The SMILES string of the molecule is COc1ccsc1C(=O)NCCc1nc(-c2ccccc2)cs1. The van der Waals surface area contributed by atoms with Crippen LogP contribution in [-0.4, -0.2) is 24.5 Å². The van der Waals surface area contributed by atoms with Crippen LogP contribution in [0.25, 0.3) is 11.3 Å². The summed E-state index contributed by atoms with van der Waals surface area (Å²) in [6.07, 6.45) is 0.719. The summed E-state index contributed by atoms with van der Waals surface area (Å²) in [5, 5.41) is 7.83. The molecule has 1 aromatic carbocycles. The molecule has 0 bridgehead atoms. The molecular formula is C17H16N2O2S2. The number of hydrogen-bond donors (Lipinski definition) is 1. The summed E-state index contributed by atoms with van der Waals surface area (Å²) in [5.74, 6) is 0.518. The highest BCUT2D eigenvalue weighted by atomic mass is 32.1. The molecule has 0 saturated carbocycles. The maximum atomic E-state index is 12.1. The number of ether oxygens (including phenoxy) is 1. The summed E-state index contributed by atoms with van der Waals surface area (Å²) in [5.41, 5.74) is 2.10. The average Bonchev–Trinajstić information content (AvgIpc) is 3.24. The number of hydrogen-bond acceptors (Lipinski definition) is 5. The minimum Gasteiger partial charge on any atom is -0.495 e. The third-order valence-electron chi connectivity index (χ3n) is 3.30. The Morgan fingerprint density at radius 2 is 2.04 bits per heavy atom. The standard InChI is InChI=1S/C17H16N2O2S2/c1-21-14-8-10-22-16(14)17(20)18-9-7-15-19-13(11-23-15)12-5-3-2-4-6-12/h2-6,8,10-11H,7,9H2,1H3,(H,18,20). The fraction of sp³-hybridized carbons (Fsp3) is 0.176. The lowest BCUT2D eigenvalue weighted by Crippen LogP contribution is -2.25. The second kappa shape index (κ2) is 7.39. The normalized spacial score (nSPS) is 10.5. The van der Waals surface area contributed by atoms with Gasteiger partial charge in [0.05, 0.1) is 17.8 Å². The Morgan fingerprint density at radius 1 is 1.22 bits per heavy atom. The van der Waals surface area contributed by atoms with Crippen LogP contribution < -0.4 is 10.1 Å². The molecule has 0 saturated heterocycles. The fourth-order valence-electron chi connectivity index (χ4n) is 2.15. The maximum absolute atomic E-state index is 12.1. The van der Waals surface area contributed by atoms with Crippen LogP contribution in [0, 0.1) is 0 Å². The molecule has 0 aliphatic heterocycles. The largest absolute Gasteiger partial charge is 0.495 e. The van der Waals surface area contributed by atoms with E-state index in [1.54, 1.807) is 24.5 Å². The van der Waals surface area contributed by atoms with Crippen molar-refractivity contribution < 1.29 is 9.53 Å². The first-order valence-corrected chi connectivity index (χ1v) is 8.93. The lowest BCUT2D eigenvalue weighted by molar-refractivity contribution is 0.0955. The molecule has 0 atom stereocenters. The van der Waals surface area contributed by atoms with Gasteiger partial charge in [-0.15, -0.1) is 22.7 Å². The van der Waals surface area contributed by atoms with Crippen LogP contribution in [0.1, 0.15) is 14.7 Å². The number of rotatable bonds is 6. The molecule has 4 nitrogen and oxygen atoms in total. The van der Waals surface area contributed by atoms with E-state index >= 15 is 0 Å². The van der Waals surface area contributed by atoms with Crippen LogP contribution in [0.15, 0.2) is 47.2 Å². The van der Waals surface area contributed by atoms with Gasteiger partial charge in [0.1, 0.15) is 10.6 Å². The van der Waals surface area contributed by atoms with E-state index in [9.17, 15) is 4.79 Å². The van der Waals surface area contributed by atoms with Gasteiger partial charge in [-0.2, -0.15) is 0 Å². The number of amides is 1. The molecule has 0 fully saturated rings. The van der Waals surface area contributed by atoms with Crippen LogP contribution in [0.3, 0.4) is 0 Å². The zero-order valence-corrected chi connectivity index (χ0v) is 14.2. The van der Waals surface area contributed by atoms with Gasteiger partial charge in [0.15, 0.2) is 0 Å². The predicted octanol–water partition coefficient (Wildman–Crippen LogP) is 3.85. The van der Waals surface area contributed by atoms with Crippen molar-refractivity contribution in [3.05, 3.63) is 57.0 Å². The number of carbonyl (C=O) groups excluding carboxylic acids is 1. The second-order valence-corrected chi connectivity index (χ2v) is 6.68. The molecule has 1 N–H and O–H groups in total. The summed E-state index contributed by atoms with van der Waals surface area (Å²) >= 11 is 3.00. The third-order valence-corrected chi connectivity index (χ3v) is 5.10. The molecule has 1 amide bonds. The zero-order chi connectivity index (χ0) is 16.1. The Kier molecular flexibility index (Phi) is 5.05. The van der Waals surface area contributed by atoms with E-state index in [0.717, 1.165) is 22.7 Å². The molecule has 0 aliphatic carbocycles. The lowest BCUT2D eigenvalue weighted by Gasteiger charge is -2.04. The Morgan fingerprint density at radius 3 is 2.83 bits per heavy atom. The van der Waals surface area contributed by atoms with Crippen LogP contribution in [-0.2, 0) is 6.42 Å². The van der Waals surface area contributed by atoms with Crippen LogP contribution in [0.4, 0.5) is 0 Å². The van der Waals surface area contributed by atoms with Crippen molar-refractivity contribution in [1.82, 2.24) is 10.3 Å². The van der Waals surface area contributed by atoms with Crippen molar-refractivity contribution in [3.8, 4) is 17.0 Å². The molecule has 0 unspecified atom stereocenters. The smallest absolute Gasteiger partial charge is 0.265 e. The lowest BCUT2D eigenvalue weighted by atomic mass is 10.2. The topological polar surface area (TPSA) is 51.2 Å². The Hall–Kier alpha value is -2.18. The van der Waals surface area contributed by atoms with Gasteiger partial charge in [0.25, 0.3) is 5.91 Å². The molecule has 0 spiro atoms. The molecule has 6 heteroatoms. The van der Waals surface area contributed by atoms with Crippen molar-refractivity contribution in [2.75, 3.05) is 13.7 Å². The fourth-order valence-corrected chi connectivity index (χ4v) is 3.74. The summed E-state index contributed by atoms with van der Waals surface area (Å²) in [6.45, 7) is 0.557. The number of thiophene rings is 1. The van der Waals surface area contributed by atoms with Crippen molar-refractivity contribution in [2.24, 2.45) is 0 Å². The molecule has 0 aliphatic rings. The van der Waals surface area contributed by atoms with Crippen LogP contribution in [0.5, 0.6) is 5.75 Å². The highest BCUT2D eigenvalue weighted by Crippen LogP contribution is 2.24. The zero-order valence-electron chi connectivity index (χ0n) is 12.6. The highest BCUT2D eigenvalue weighted by molar-refractivity contribution is 7.12. The minimum atomic E-state index is -0.100. The molecule has 3 aromatic rings. The molecule has 2 aromatic heterocycles. The molecule has 118 valence electrons. The minimum absolute atomic E-state index is 0.100. The number of benzene rings is 1. The number of nitrogens with one attached hydrogen (secondary N) is 1. The van der Waals surface area contributed by atoms with E-state index in [2.05, 4.69) is 15.7 Å². The number of methoxy groups -OCH3 is 1. The molecular weight excluding hydrogens is 328 g/mol. The predicted molar refractivity (Wildman–Crippen MR) is 94.5 cm³/mol. The van der Waals surface area contributed by atoms with Gasteiger partial charge in [0.2, 0.25) is 0 Å². The highest BCUT2D eigenvalue weighted by Gasteiger charge is 2.13. The summed E-state index contributed by atoms with van der Waals surface area (Å²) in [7, 11) is 1.57.